The van der Waals surface area contributed by atoms with Gasteiger partial charge in [0, 0.05) is 32.0 Å². The van der Waals surface area contributed by atoms with Gasteiger partial charge in [0.15, 0.2) is 5.82 Å². The van der Waals surface area contributed by atoms with Crippen LogP contribution in [0.15, 0.2) is 34.9 Å². The molecule has 0 aliphatic carbocycles. The maximum absolute atomic E-state index is 12.2. The second-order valence-electron chi connectivity index (χ2n) is 5.75. The van der Waals surface area contributed by atoms with Gasteiger partial charge < -0.3 is 14.2 Å². The molecular weight excluding hydrogens is 294 g/mol. The topological polar surface area (TPSA) is 68.5 Å². The SMILES string of the molecule is CCOC(C)c1nc(C2CC(=O)N(Cc3ccccc3)C2)no1. The van der Waals surface area contributed by atoms with Gasteiger partial charge in [0.25, 0.3) is 5.89 Å². The zero-order valence-corrected chi connectivity index (χ0v) is 13.4. The summed E-state index contributed by atoms with van der Waals surface area (Å²) >= 11 is 0. The lowest BCUT2D eigenvalue weighted by Crippen LogP contribution is -2.24. The summed E-state index contributed by atoms with van der Waals surface area (Å²) in [5.41, 5.74) is 1.13. The molecule has 1 aromatic heterocycles. The lowest BCUT2D eigenvalue weighted by atomic mass is 10.1. The van der Waals surface area contributed by atoms with E-state index in [0.29, 0.717) is 37.8 Å². The van der Waals surface area contributed by atoms with Crippen LogP contribution in [0.3, 0.4) is 0 Å². The first-order valence-corrected chi connectivity index (χ1v) is 7.94. The lowest BCUT2D eigenvalue weighted by molar-refractivity contribution is -0.128. The van der Waals surface area contributed by atoms with Gasteiger partial charge in [-0.25, -0.2) is 0 Å². The van der Waals surface area contributed by atoms with Gasteiger partial charge in [0.05, 0.1) is 0 Å². The molecule has 2 unspecified atom stereocenters. The maximum atomic E-state index is 12.2. The molecule has 2 aromatic rings. The standard InChI is InChI=1S/C17H21N3O3/c1-3-22-12(2)17-18-16(19-23-17)14-9-15(21)20(11-14)10-13-7-5-4-6-8-13/h4-8,12,14H,3,9-11H2,1-2H3. The first-order valence-electron chi connectivity index (χ1n) is 7.94. The molecule has 1 aromatic carbocycles. The van der Waals surface area contributed by atoms with E-state index in [1.807, 2.05) is 49.1 Å². The third-order valence-electron chi connectivity index (χ3n) is 4.02. The molecule has 1 aliphatic heterocycles. The first-order chi connectivity index (χ1) is 11.2. The van der Waals surface area contributed by atoms with Crippen LogP contribution in [0, 0.1) is 0 Å². The third-order valence-corrected chi connectivity index (χ3v) is 4.02. The number of benzene rings is 1. The summed E-state index contributed by atoms with van der Waals surface area (Å²) in [6, 6.07) is 9.98. The molecule has 6 nitrogen and oxygen atoms in total. The summed E-state index contributed by atoms with van der Waals surface area (Å²) in [7, 11) is 0. The lowest BCUT2D eigenvalue weighted by Gasteiger charge is -2.15. The van der Waals surface area contributed by atoms with Crippen LogP contribution in [0.2, 0.25) is 0 Å². The smallest absolute Gasteiger partial charge is 0.255 e. The highest BCUT2D eigenvalue weighted by atomic mass is 16.5. The second kappa shape index (κ2) is 6.91. The van der Waals surface area contributed by atoms with E-state index in [-0.39, 0.29) is 17.9 Å². The number of amides is 1. The van der Waals surface area contributed by atoms with Gasteiger partial charge in [-0.15, -0.1) is 0 Å². The first kappa shape index (κ1) is 15.7. The predicted molar refractivity (Wildman–Crippen MR) is 83.6 cm³/mol. The van der Waals surface area contributed by atoms with Gasteiger partial charge in [-0.2, -0.15) is 4.98 Å². The highest BCUT2D eigenvalue weighted by Crippen LogP contribution is 2.28. The van der Waals surface area contributed by atoms with Crippen molar-refractivity contribution in [1.82, 2.24) is 15.0 Å². The Labute approximate surface area is 135 Å². The fourth-order valence-electron chi connectivity index (χ4n) is 2.80. The van der Waals surface area contributed by atoms with E-state index in [0.717, 1.165) is 5.56 Å². The Bertz CT molecular complexity index is 656. The van der Waals surface area contributed by atoms with Crippen molar-refractivity contribution in [3.05, 3.63) is 47.6 Å². The molecule has 2 atom stereocenters. The molecule has 1 aliphatic rings. The Hall–Kier alpha value is -2.21. The molecule has 0 bridgehead atoms. The van der Waals surface area contributed by atoms with E-state index in [2.05, 4.69) is 10.1 Å². The summed E-state index contributed by atoms with van der Waals surface area (Å²) in [5, 5.41) is 4.03. The molecule has 1 saturated heterocycles. The quantitative estimate of drug-likeness (QED) is 0.820. The van der Waals surface area contributed by atoms with Crippen molar-refractivity contribution in [3.8, 4) is 0 Å². The van der Waals surface area contributed by atoms with Crippen LogP contribution in [0.1, 0.15) is 49.6 Å². The number of ether oxygens (including phenoxy) is 1. The molecule has 0 N–H and O–H groups in total. The minimum atomic E-state index is -0.223. The molecule has 0 spiro atoms. The third kappa shape index (κ3) is 3.59. The van der Waals surface area contributed by atoms with Crippen LogP contribution >= 0.6 is 0 Å². The number of rotatable bonds is 6. The van der Waals surface area contributed by atoms with Gasteiger partial charge in [-0.3, -0.25) is 4.79 Å². The van der Waals surface area contributed by atoms with Crippen molar-refractivity contribution in [2.75, 3.05) is 13.2 Å². The summed E-state index contributed by atoms with van der Waals surface area (Å²) < 4.78 is 10.7. The summed E-state index contributed by atoms with van der Waals surface area (Å²) in [4.78, 5) is 18.5. The Morgan fingerprint density at radius 3 is 2.91 bits per heavy atom. The molecule has 122 valence electrons. The van der Waals surface area contributed by atoms with Crippen LogP contribution in [-0.4, -0.2) is 34.1 Å². The number of hydrogen-bond donors (Lipinski definition) is 0. The molecule has 6 heteroatoms. The zero-order chi connectivity index (χ0) is 16.2. The fraction of sp³-hybridized carbons (Fsp3) is 0.471. The average molecular weight is 315 g/mol. The van der Waals surface area contributed by atoms with Crippen LogP contribution in [0.25, 0.3) is 0 Å². The predicted octanol–water partition coefficient (Wildman–Crippen LogP) is 2.68. The number of hydrogen-bond acceptors (Lipinski definition) is 5. The van der Waals surface area contributed by atoms with E-state index in [4.69, 9.17) is 9.26 Å². The van der Waals surface area contributed by atoms with Gasteiger partial charge in [-0.05, 0) is 19.4 Å². The molecule has 3 rings (SSSR count). The van der Waals surface area contributed by atoms with Gasteiger partial charge in [0.2, 0.25) is 5.91 Å². The molecule has 2 heterocycles. The average Bonchev–Trinajstić information content (AvgIpc) is 3.16. The van der Waals surface area contributed by atoms with E-state index in [9.17, 15) is 4.79 Å². The number of carbonyl (C=O) groups is 1. The van der Waals surface area contributed by atoms with Crippen LogP contribution in [-0.2, 0) is 16.1 Å². The molecule has 1 fully saturated rings. The Balaban J connectivity index is 1.65. The van der Waals surface area contributed by atoms with Crippen molar-refractivity contribution in [2.45, 2.75) is 38.8 Å². The Kier molecular flexibility index (Phi) is 4.71. The Morgan fingerprint density at radius 1 is 1.39 bits per heavy atom. The zero-order valence-electron chi connectivity index (χ0n) is 13.4. The normalized spacial score (nSPS) is 19.3. The molecule has 23 heavy (non-hydrogen) atoms. The van der Waals surface area contributed by atoms with Gasteiger partial charge in [0.1, 0.15) is 6.10 Å². The van der Waals surface area contributed by atoms with Crippen molar-refractivity contribution < 1.29 is 14.1 Å². The monoisotopic (exact) mass is 315 g/mol. The number of likely N-dealkylation sites (tertiary alicyclic amines) is 1. The Morgan fingerprint density at radius 2 is 2.17 bits per heavy atom. The molecule has 0 saturated carbocycles. The van der Waals surface area contributed by atoms with Crippen LogP contribution < -0.4 is 0 Å². The van der Waals surface area contributed by atoms with Crippen molar-refractivity contribution >= 4 is 5.91 Å². The minimum absolute atomic E-state index is 0.0162. The van der Waals surface area contributed by atoms with Gasteiger partial charge in [-0.1, -0.05) is 35.5 Å². The highest BCUT2D eigenvalue weighted by Gasteiger charge is 2.34. The fourth-order valence-corrected chi connectivity index (χ4v) is 2.80. The number of carbonyl (C=O) groups excluding carboxylic acids is 1. The molecule has 1 amide bonds. The summed E-state index contributed by atoms with van der Waals surface area (Å²) in [6.45, 7) is 5.63. The van der Waals surface area contributed by atoms with Gasteiger partial charge >= 0.3 is 0 Å². The summed E-state index contributed by atoms with van der Waals surface area (Å²) in [6.07, 6.45) is 0.202. The van der Waals surface area contributed by atoms with Crippen molar-refractivity contribution in [3.63, 3.8) is 0 Å². The van der Waals surface area contributed by atoms with E-state index >= 15 is 0 Å². The van der Waals surface area contributed by atoms with E-state index in [1.54, 1.807) is 0 Å². The van der Waals surface area contributed by atoms with Crippen molar-refractivity contribution in [1.29, 1.82) is 0 Å². The molecular formula is C17H21N3O3. The largest absolute Gasteiger partial charge is 0.369 e. The highest BCUT2D eigenvalue weighted by molar-refractivity contribution is 5.79. The maximum Gasteiger partial charge on any atom is 0.255 e. The number of nitrogens with zero attached hydrogens (tertiary/aromatic N) is 3. The van der Waals surface area contributed by atoms with Crippen LogP contribution in [0.5, 0.6) is 0 Å². The molecule has 0 radical (unpaired) electrons. The second-order valence-corrected chi connectivity index (χ2v) is 5.75. The van der Waals surface area contributed by atoms with Crippen LogP contribution in [0.4, 0.5) is 0 Å². The summed E-state index contributed by atoms with van der Waals surface area (Å²) in [5.74, 6) is 1.17. The number of aromatic nitrogens is 2. The minimum Gasteiger partial charge on any atom is -0.369 e. The van der Waals surface area contributed by atoms with E-state index < -0.39 is 0 Å². The van der Waals surface area contributed by atoms with E-state index in [1.165, 1.54) is 0 Å². The van der Waals surface area contributed by atoms with Crippen molar-refractivity contribution in [2.24, 2.45) is 0 Å².